The number of carbonyl (C=O) groups excluding carboxylic acids is 1. The number of nitrogens with zero attached hydrogens (tertiary/aromatic N) is 4. The molecule has 4 rings (SSSR count). The molecule has 0 bridgehead atoms. The highest BCUT2D eigenvalue weighted by Gasteiger charge is 2.09. The second-order valence-corrected chi connectivity index (χ2v) is 6.36. The molecule has 0 saturated carbocycles. The molecule has 0 radical (unpaired) electrons. The maximum absolute atomic E-state index is 12.5. The lowest BCUT2D eigenvalue weighted by Crippen LogP contribution is -2.01. The van der Waals surface area contributed by atoms with Crippen molar-refractivity contribution in [2.24, 2.45) is 7.05 Å². The van der Waals surface area contributed by atoms with Gasteiger partial charge in [0.1, 0.15) is 5.82 Å². The molecule has 0 fully saturated rings. The van der Waals surface area contributed by atoms with Crippen LogP contribution in [0.25, 0.3) is 28.2 Å². The van der Waals surface area contributed by atoms with E-state index in [4.69, 9.17) is 6.85 Å². The summed E-state index contributed by atoms with van der Waals surface area (Å²) < 4.78 is 40.9. The molecule has 0 spiro atoms. The third kappa shape index (κ3) is 3.74. The molecule has 0 unspecified atom stereocenters. The average molecular weight is 373 g/mol. The van der Waals surface area contributed by atoms with Gasteiger partial charge in [0.25, 0.3) is 0 Å². The van der Waals surface area contributed by atoms with Crippen LogP contribution in [-0.4, -0.2) is 25.3 Å². The molecule has 5 heteroatoms. The van der Waals surface area contributed by atoms with Gasteiger partial charge in [0.15, 0.2) is 5.78 Å². The number of allylic oxidation sites excluding steroid dienone is 1. The zero-order valence-corrected chi connectivity index (χ0v) is 15.4. The molecule has 0 N–H and O–H groups in total. The summed E-state index contributed by atoms with van der Waals surface area (Å²) in [6, 6.07) is 1.70. The molecular formula is C23H20N4O. The molecule has 0 aliphatic heterocycles. The highest BCUT2D eigenvalue weighted by Crippen LogP contribution is 2.22. The van der Waals surface area contributed by atoms with Gasteiger partial charge >= 0.3 is 0 Å². The van der Waals surface area contributed by atoms with E-state index in [0.717, 1.165) is 28.0 Å². The van der Waals surface area contributed by atoms with E-state index in [2.05, 4.69) is 15.0 Å². The highest BCUT2D eigenvalue weighted by atomic mass is 16.1. The van der Waals surface area contributed by atoms with Gasteiger partial charge in [-0.1, -0.05) is 36.3 Å². The molecule has 0 amide bonds. The van der Waals surface area contributed by atoms with Crippen LogP contribution in [0.2, 0.25) is 0 Å². The number of benzene rings is 1. The Hall–Kier alpha value is -3.60. The highest BCUT2D eigenvalue weighted by molar-refractivity contribution is 5.95. The van der Waals surface area contributed by atoms with E-state index in [9.17, 15) is 4.79 Å². The smallest absolute Gasteiger partial charge is 0.161 e. The van der Waals surface area contributed by atoms with Crippen LogP contribution in [0.15, 0.2) is 67.0 Å². The second-order valence-electron chi connectivity index (χ2n) is 6.36. The van der Waals surface area contributed by atoms with Crippen LogP contribution in [0.5, 0.6) is 0 Å². The van der Waals surface area contributed by atoms with E-state index >= 15 is 0 Å². The van der Waals surface area contributed by atoms with Crippen LogP contribution in [0.1, 0.15) is 23.9 Å². The quantitative estimate of drug-likeness (QED) is 0.493. The Morgan fingerprint density at radius 2 is 1.86 bits per heavy atom. The van der Waals surface area contributed by atoms with Gasteiger partial charge in [-0.2, -0.15) is 0 Å². The summed E-state index contributed by atoms with van der Waals surface area (Å²) in [6.07, 6.45) is 7.63. The molecule has 0 saturated heterocycles. The summed E-state index contributed by atoms with van der Waals surface area (Å²) >= 11 is 0. The molecule has 138 valence electrons. The summed E-state index contributed by atoms with van der Waals surface area (Å²) in [7, 11) is 1.92. The lowest BCUT2D eigenvalue weighted by Gasteiger charge is -2.06. The van der Waals surface area contributed by atoms with Crippen molar-refractivity contribution in [1.29, 1.82) is 0 Å². The van der Waals surface area contributed by atoms with Crippen LogP contribution >= 0.6 is 0 Å². The molecular weight excluding hydrogens is 348 g/mol. The number of carbonyl (C=O) groups is 1. The first-order valence-corrected chi connectivity index (χ1v) is 8.68. The normalized spacial score (nSPS) is 13.9. The first-order chi connectivity index (χ1) is 15.7. The minimum atomic E-state index is -0.469. The summed E-state index contributed by atoms with van der Waals surface area (Å²) in [5, 5.41) is 1.72. The van der Waals surface area contributed by atoms with Gasteiger partial charge in [0, 0.05) is 30.5 Å². The average Bonchev–Trinajstić information content (AvgIpc) is 3.14. The molecule has 5 nitrogen and oxygen atoms in total. The summed E-state index contributed by atoms with van der Waals surface area (Å²) in [6.45, 7) is 1.91. The molecule has 3 aromatic heterocycles. The largest absolute Gasteiger partial charge is 0.330 e. The monoisotopic (exact) mass is 373 g/mol. The number of fused-ring (bicyclic) bond motifs is 1. The SMILES string of the molecule is [2H]c1c([2H])c([2H])c(/C=C/C(=O)Cc2cc3cc(-c4cnc(C)n4C)ncc3cn2)c([2H])c1[2H]. The number of ketones is 1. The van der Waals surface area contributed by atoms with Crippen LogP contribution in [0, 0.1) is 6.92 Å². The first-order valence-electron chi connectivity index (χ1n) is 11.2. The van der Waals surface area contributed by atoms with Crippen molar-refractivity contribution < 1.29 is 11.6 Å². The maximum atomic E-state index is 12.5. The van der Waals surface area contributed by atoms with E-state index in [0.29, 0.717) is 5.69 Å². The second kappa shape index (κ2) is 7.56. The molecule has 3 heterocycles. The third-order valence-corrected chi connectivity index (χ3v) is 4.45. The van der Waals surface area contributed by atoms with Crippen molar-refractivity contribution in [2.45, 2.75) is 13.3 Å². The number of aryl methyl sites for hydroxylation is 1. The Bertz CT molecular complexity index is 1420. The van der Waals surface area contributed by atoms with Crippen LogP contribution < -0.4 is 0 Å². The molecule has 28 heavy (non-hydrogen) atoms. The molecule has 0 aliphatic rings. The van der Waals surface area contributed by atoms with Crippen molar-refractivity contribution in [3.8, 4) is 11.4 Å². The lowest BCUT2D eigenvalue weighted by atomic mass is 10.1. The van der Waals surface area contributed by atoms with Gasteiger partial charge in [-0.25, -0.2) is 4.98 Å². The van der Waals surface area contributed by atoms with Gasteiger partial charge in [-0.05, 0) is 36.1 Å². The van der Waals surface area contributed by atoms with E-state index in [1.165, 1.54) is 12.2 Å². The van der Waals surface area contributed by atoms with Gasteiger partial charge in [-0.3, -0.25) is 14.8 Å². The predicted molar refractivity (Wildman–Crippen MR) is 111 cm³/mol. The number of aromatic nitrogens is 4. The van der Waals surface area contributed by atoms with Crippen LogP contribution in [0.3, 0.4) is 0 Å². The number of pyridine rings is 2. The Balaban J connectivity index is 1.59. The first kappa shape index (κ1) is 12.7. The number of hydrogen-bond acceptors (Lipinski definition) is 4. The minimum absolute atomic E-state index is 0.00751. The molecule has 4 aromatic rings. The summed E-state index contributed by atoms with van der Waals surface area (Å²) in [4.78, 5) is 25.6. The summed E-state index contributed by atoms with van der Waals surface area (Å²) in [5.41, 5.74) is 2.17. The maximum Gasteiger partial charge on any atom is 0.161 e. The van der Waals surface area contributed by atoms with Gasteiger partial charge in [0.05, 0.1) is 30.9 Å². The number of rotatable bonds is 5. The van der Waals surface area contributed by atoms with E-state index in [1.807, 2.05) is 30.7 Å². The lowest BCUT2D eigenvalue weighted by molar-refractivity contribution is -0.114. The van der Waals surface area contributed by atoms with Crippen molar-refractivity contribution in [3.63, 3.8) is 0 Å². The van der Waals surface area contributed by atoms with Crippen LogP contribution in [0.4, 0.5) is 0 Å². The minimum Gasteiger partial charge on any atom is -0.330 e. The fourth-order valence-electron chi connectivity index (χ4n) is 2.82. The Morgan fingerprint density at radius 3 is 2.61 bits per heavy atom. The van der Waals surface area contributed by atoms with Crippen molar-refractivity contribution in [3.05, 3.63) is 84.1 Å². The zero-order valence-electron chi connectivity index (χ0n) is 20.4. The summed E-state index contributed by atoms with van der Waals surface area (Å²) in [5.74, 6) is 0.573. The van der Waals surface area contributed by atoms with Crippen molar-refractivity contribution in [2.75, 3.05) is 0 Å². The molecule has 0 aliphatic carbocycles. The van der Waals surface area contributed by atoms with Crippen molar-refractivity contribution in [1.82, 2.24) is 19.5 Å². The predicted octanol–water partition coefficient (Wildman–Crippen LogP) is 4.16. The topological polar surface area (TPSA) is 60.7 Å². The number of hydrogen-bond donors (Lipinski definition) is 0. The zero-order chi connectivity index (χ0) is 23.9. The molecule has 1 aromatic carbocycles. The third-order valence-electron chi connectivity index (χ3n) is 4.45. The van der Waals surface area contributed by atoms with Gasteiger partial charge in [-0.15, -0.1) is 0 Å². The fraction of sp³-hybridized carbons (Fsp3) is 0.130. The molecule has 0 atom stereocenters. The van der Waals surface area contributed by atoms with E-state index in [-0.39, 0.29) is 29.9 Å². The Labute approximate surface area is 170 Å². The van der Waals surface area contributed by atoms with Gasteiger partial charge < -0.3 is 4.57 Å². The van der Waals surface area contributed by atoms with Crippen molar-refractivity contribution >= 4 is 22.6 Å². The van der Waals surface area contributed by atoms with E-state index < -0.39 is 18.1 Å². The Kier molecular flexibility index (Phi) is 3.44. The Morgan fingerprint density at radius 1 is 1.07 bits per heavy atom. The standard InChI is InChI=1S/C23H20N4O/c1-16-24-15-23(27(16)2)22-11-18-10-20(25-13-19(18)14-26-22)12-21(28)9-8-17-6-4-3-5-7-17/h3-11,13-15H,12H2,1-2H3/b9-8+/i3D,4D,5D,6D,7D. The number of imidazole rings is 1. The van der Waals surface area contributed by atoms with Crippen LogP contribution in [-0.2, 0) is 18.3 Å². The fourth-order valence-corrected chi connectivity index (χ4v) is 2.82. The van der Waals surface area contributed by atoms with E-state index in [1.54, 1.807) is 18.6 Å². The van der Waals surface area contributed by atoms with Gasteiger partial charge in [0.2, 0.25) is 0 Å².